The van der Waals surface area contributed by atoms with Crippen LogP contribution in [0.1, 0.15) is 89.0 Å². The van der Waals surface area contributed by atoms with Crippen molar-refractivity contribution in [3.63, 3.8) is 0 Å². The molecule has 1 aliphatic heterocycles. The molecule has 2 aromatic rings. The SMILES string of the molecule is CCCCC[Si]1CCC(CCC2CCC(c3cc(F)c(-c4ccc(OC(F)F)c(F)c4)c(F)c3)CC2)CC1. The van der Waals surface area contributed by atoms with Gasteiger partial charge >= 0.3 is 6.61 Å². The summed E-state index contributed by atoms with van der Waals surface area (Å²) in [4.78, 5) is 0. The molecule has 0 spiro atoms. The summed E-state index contributed by atoms with van der Waals surface area (Å²) in [6.45, 7) is -0.905. The van der Waals surface area contributed by atoms with Gasteiger partial charge in [-0.15, -0.1) is 0 Å². The molecule has 2 aliphatic rings. The Hall–Kier alpha value is -1.89. The molecule has 1 nitrogen and oxygen atoms in total. The van der Waals surface area contributed by atoms with Gasteiger partial charge in [0.1, 0.15) is 11.6 Å². The van der Waals surface area contributed by atoms with Crippen molar-refractivity contribution in [2.45, 2.75) is 108 Å². The molecule has 209 valence electrons. The standard InChI is InChI=1S/C31H40F5OSi/c1-2-3-4-15-38-16-13-22(14-17-38)6-5-21-7-9-23(10-8-21)25-19-27(33)30(28(34)20-25)24-11-12-29(26(32)18-24)37-31(35)36/h11-12,18-23,31H,2-10,13-17H2,1H3. The Morgan fingerprint density at radius 3 is 2.03 bits per heavy atom. The van der Waals surface area contributed by atoms with Crippen LogP contribution in [0.3, 0.4) is 0 Å². The first-order valence-electron chi connectivity index (χ1n) is 14.4. The molecule has 1 radical (unpaired) electrons. The summed E-state index contributed by atoms with van der Waals surface area (Å²) in [6, 6.07) is 10.2. The zero-order chi connectivity index (χ0) is 27.1. The van der Waals surface area contributed by atoms with Crippen LogP contribution >= 0.6 is 0 Å². The van der Waals surface area contributed by atoms with E-state index >= 15 is 8.78 Å². The van der Waals surface area contributed by atoms with Gasteiger partial charge in [0, 0.05) is 8.80 Å². The summed E-state index contributed by atoms with van der Waals surface area (Å²) < 4.78 is 73.0. The molecular weight excluding hydrogens is 511 g/mol. The minimum absolute atomic E-state index is 0.0497. The third-order valence-electron chi connectivity index (χ3n) is 8.75. The molecule has 2 aromatic carbocycles. The largest absolute Gasteiger partial charge is 0.432 e. The van der Waals surface area contributed by atoms with Crippen molar-refractivity contribution >= 4 is 8.80 Å². The summed E-state index contributed by atoms with van der Waals surface area (Å²) in [6.07, 6.45) is 13.6. The van der Waals surface area contributed by atoms with Gasteiger partial charge in [0.05, 0.1) is 5.56 Å². The van der Waals surface area contributed by atoms with Crippen LogP contribution in [0.5, 0.6) is 5.75 Å². The first kappa shape index (κ1) is 29.1. The Morgan fingerprint density at radius 2 is 1.45 bits per heavy atom. The second-order valence-electron chi connectivity index (χ2n) is 11.3. The zero-order valence-electron chi connectivity index (χ0n) is 22.4. The van der Waals surface area contributed by atoms with Crippen molar-refractivity contribution in [2.75, 3.05) is 0 Å². The molecule has 0 atom stereocenters. The van der Waals surface area contributed by atoms with E-state index in [1.165, 1.54) is 81.3 Å². The van der Waals surface area contributed by atoms with E-state index < -0.39 is 29.8 Å². The average Bonchev–Trinajstić information content (AvgIpc) is 2.89. The first-order valence-corrected chi connectivity index (χ1v) is 16.5. The number of benzene rings is 2. The number of alkyl halides is 2. The van der Waals surface area contributed by atoms with Gasteiger partial charge in [0.2, 0.25) is 0 Å². The van der Waals surface area contributed by atoms with Crippen molar-refractivity contribution in [1.82, 2.24) is 0 Å². The van der Waals surface area contributed by atoms with Crippen molar-refractivity contribution in [2.24, 2.45) is 11.8 Å². The highest BCUT2D eigenvalue weighted by Gasteiger charge is 2.27. The molecular formula is C31H40F5OSi. The molecule has 0 aromatic heterocycles. The number of unbranched alkanes of at least 4 members (excludes halogenated alkanes) is 2. The fourth-order valence-electron chi connectivity index (χ4n) is 6.46. The molecule has 7 heteroatoms. The smallest absolute Gasteiger partial charge is 0.387 e. The molecule has 0 N–H and O–H groups in total. The molecule has 1 aliphatic carbocycles. The maximum Gasteiger partial charge on any atom is 0.387 e. The third kappa shape index (κ3) is 7.83. The van der Waals surface area contributed by atoms with Gasteiger partial charge in [-0.25, -0.2) is 13.2 Å². The molecule has 38 heavy (non-hydrogen) atoms. The van der Waals surface area contributed by atoms with Gasteiger partial charge in [0.25, 0.3) is 0 Å². The van der Waals surface area contributed by atoms with Crippen LogP contribution in [0.2, 0.25) is 18.1 Å². The minimum atomic E-state index is -3.18. The van der Waals surface area contributed by atoms with Gasteiger partial charge in [-0.3, -0.25) is 0 Å². The fraction of sp³-hybridized carbons (Fsp3) is 0.613. The Bertz CT molecular complexity index is 1010. The molecule has 1 saturated heterocycles. The number of hydrogen-bond donors (Lipinski definition) is 0. The molecule has 0 amide bonds. The Labute approximate surface area is 225 Å². The Balaban J connectivity index is 1.27. The molecule has 1 heterocycles. The lowest BCUT2D eigenvalue weighted by molar-refractivity contribution is -0.0521. The van der Waals surface area contributed by atoms with Gasteiger partial charge in [-0.05, 0) is 78.8 Å². The first-order chi connectivity index (χ1) is 18.3. The topological polar surface area (TPSA) is 9.23 Å². The number of hydrogen-bond acceptors (Lipinski definition) is 1. The van der Waals surface area contributed by atoms with E-state index in [2.05, 4.69) is 11.7 Å². The van der Waals surface area contributed by atoms with Gasteiger partial charge in [-0.1, -0.05) is 76.1 Å². The van der Waals surface area contributed by atoms with Crippen LogP contribution in [0.4, 0.5) is 22.0 Å². The van der Waals surface area contributed by atoms with E-state index in [0.29, 0.717) is 11.5 Å². The molecule has 0 unspecified atom stereocenters. The number of halogens is 5. The molecule has 1 saturated carbocycles. The van der Waals surface area contributed by atoms with Crippen LogP contribution in [0, 0.1) is 29.3 Å². The predicted molar refractivity (Wildman–Crippen MR) is 145 cm³/mol. The van der Waals surface area contributed by atoms with Crippen molar-refractivity contribution in [3.8, 4) is 16.9 Å². The second kappa shape index (κ2) is 13.9. The second-order valence-corrected chi connectivity index (χ2v) is 14.3. The highest BCUT2D eigenvalue weighted by molar-refractivity contribution is 6.58. The van der Waals surface area contributed by atoms with Crippen LogP contribution in [0.25, 0.3) is 11.1 Å². The van der Waals surface area contributed by atoms with E-state index in [0.717, 1.165) is 43.7 Å². The van der Waals surface area contributed by atoms with Gasteiger partial charge in [0.15, 0.2) is 11.6 Å². The van der Waals surface area contributed by atoms with Crippen LogP contribution in [0.15, 0.2) is 30.3 Å². The molecule has 2 fully saturated rings. The highest BCUT2D eigenvalue weighted by Crippen LogP contribution is 2.41. The maximum atomic E-state index is 15.0. The van der Waals surface area contributed by atoms with Crippen molar-refractivity contribution in [3.05, 3.63) is 53.3 Å². The highest BCUT2D eigenvalue weighted by atomic mass is 28.3. The summed E-state index contributed by atoms with van der Waals surface area (Å²) in [5, 5.41) is 0. The number of ether oxygens (including phenoxy) is 1. The molecule has 4 rings (SSSR count). The van der Waals surface area contributed by atoms with Crippen LogP contribution < -0.4 is 4.74 Å². The monoisotopic (exact) mass is 551 g/mol. The van der Waals surface area contributed by atoms with E-state index in [1.807, 2.05) is 0 Å². The minimum Gasteiger partial charge on any atom is -0.432 e. The maximum absolute atomic E-state index is 15.0. The molecule has 0 bridgehead atoms. The van der Waals surface area contributed by atoms with Crippen molar-refractivity contribution in [1.29, 1.82) is 0 Å². The Kier molecular flexibility index (Phi) is 10.7. The van der Waals surface area contributed by atoms with Crippen LogP contribution in [-0.4, -0.2) is 15.4 Å². The summed E-state index contributed by atoms with van der Waals surface area (Å²) in [5.41, 5.74) is 0.240. The average molecular weight is 552 g/mol. The summed E-state index contributed by atoms with van der Waals surface area (Å²) >= 11 is 0. The Morgan fingerprint density at radius 1 is 0.816 bits per heavy atom. The quantitative estimate of drug-likeness (QED) is 0.153. The summed E-state index contributed by atoms with van der Waals surface area (Å²) in [5.74, 6) is -1.57. The summed E-state index contributed by atoms with van der Waals surface area (Å²) in [7, 11) is -0.0816. The lowest BCUT2D eigenvalue weighted by Gasteiger charge is -2.32. The lowest BCUT2D eigenvalue weighted by Crippen LogP contribution is -2.22. The predicted octanol–water partition coefficient (Wildman–Crippen LogP) is 10.5. The van der Waals surface area contributed by atoms with E-state index in [9.17, 15) is 13.2 Å². The third-order valence-corrected chi connectivity index (χ3v) is 11.8. The van der Waals surface area contributed by atoms with E-state index in [1.54, 1.807) is 0 Å². The van der Waals surface area contributed by atoms with Crippen LogP contribution in [-0.2, 0) is 0 Å². The van der Waals surface area contributed by atoms with E-state index in [-0.39, 0.29) is 25.8 Å². The number of rotatable bonds is 11. The normalized spacial score (nSPS) is 21.2. The lowest BCUT2D eigenvalue weighted by atomic mass is 9.76. The fourth-order valence-corrected chi connectivity index (χ4v) is 9.59. The van der Waals surface area contributed by atoms with Gasteiger partial charge < -0.3 is 4.74 Å². The van der Waals surface area contributed by atoms with Gasteiger partial charge in [-0.2, -0.15) is 8.78 Å². The van der Waals surface area contributed by atoms with Crippen molar-refractivity contribution < 1.29 is 26.7 Å². The van der Waals surface area contributed by atoms with E-state index in [4.69, 9.17) is 0 Å². The zero-order valence-corrected chi connectivity index (χ0v) is 23.4.